The highest BCUT2D eigenvalue weighted by Crippen LogP contribution is 2.07. The molecule has 3 heterocycles. The Bertz CT molecular complexity index is 1060. The third-order valence-electron chi connectivity index (χ3n) is 4.62. The summed E-state index contributed by atoms with van der Waals surface area (Å²) in [6.07, 6.45) is 3.32. The molecule has 0 radical (unpaired) electrons. The van der Waals surface area contributed by atoms with E-state index in [-0.39, 0.29) is 23.7 Å². The van der Waals surface area contributed by atoms with E-state index in [0.29, 0.717) is 6.54 Å². The predicted molar refractivity (Wildman–Crippen MR) is 106 cm³/mol. The number of pyridine rings is 1. The van der Waals surface area contributed by atoms with Crippen LogP contribution < -0.4 is 16.6 Å². The van der Waals surface area contributed by atoms with Gasteiger partial charge in [0.2, 0.25) is 5.95 Å². The first-order chi connectivity index (χ1) is 13.5. The van der Waals surface area contributed by atoms with Crippen molar-refractivity contribution in [2.45, 2.75) is 20.4 Å². The zero-order valence-electron chi connectivity index (χ0n) is 16.3. The molecular weight excluding hydrogens is 360 g/mol. The number of aromatic nitrogens is 6. The summed E-state index contributed by atoms with van der Waals surface area (Å²) in [6.45, 7) is 7.79. The van der Waals surface area contributed by atoms with Crippen LogP contribution in [0, 0.1) is 0 Å². The molecule has 0 amide bonds. The second-order valence-corrected chi connectivity index (χ2v) is 6.36. The summed E-state index contributed by atoms with van der Waals surface area (Å²) in [4.78, 5) is 35.8. The van der Waals surface area contributed by atoms with E-state index in [0.717, 1.165) is 29.8 Å². The van der Waals surface area contributed by atoms with Crippen molar-refractivity contribution in [2.24, 2.45) is 7.05 Å². The topological polar surface area (TPSA) is 111 Å². The van der Waals surface area contributed by atoms with E-state index in [4.69, 9.17) is 0 Å². The second kappa shape index (κ2) is 8.70. The van der Waals surface area contributed by atoms with Gasteiger partial charge in [-0.1, -0.05) is 19.9 Å². The lowest BCUT2D eigenvalue weighted by Crippen LogP contribution is -2.39. The Hall–Kier alpha value is -3.14. The van der Waals surface area contributed by atoms with Crippen LogP contribution in [-0.2, 0) is 13.6 Å². The van der Waals surface area contributed by atoms with E-state index in [9.17, 15) is 9.59 Å². The summed E-state index contributed by atoms with van der Waals surface area (Å²) in [7, 11) is 1.43. The molecule has 10 nitrogen and oxygen atoms in total. The number of nitrogens with one attached hydrogen (secondary N) is 1. The third-order valence-corrected chi connectivity index (χ3v) is 4.62. The SMILES string of the molecule is CCN(CC)CCNc1nnc2c(n1)c(=O)n(C)c(=O)n2Cc1cccnc1. The zero-order valence-corrected chi connectivity index (χ0v) is 16.3. The largest absolute Gasteiger partial charge is 0.352 e. The molecule has 0 aromatic carbocycles. The van der Waals surface area contributed by atoms with Crippen LogP contribution in [-0.4, -0.2) is 60.4 Å². The number of hydrogen-bond acceptors (Lipinski definition) is 8. The monoisotopic (exact) mass is 384 g/mol. The minimum atomic E-state index is -0.496. The first-order valence-corrected chi connectivity index (χ1v) is 9.24. The van der Waals surface area contributed by atoms with Crippen LogP contribution in [0.15, 0.2) is 34.1 Å². The van der Waals surface area contributed by atoms with Gasteiger partial charge >= 0.3 is 5.69 Å². The second-order valence-electron chi connectivity index (χ2n) is 6.36. The molecule has 0 aliphatic carbocycles. The average molecular weight is 384 g/mol. The zero-order chi connectivity index (χ0) is 20.1. The molecule has 0 atom stereocenters. The van der Waals surface area contributed by atoms with Gasteiger partial charge in [-0.05, 0) is 24.7 Å². The molecule has 28 heavy (non-hydrogen) atoms. The van der Waals surface area contributed by atoms with Crippen molar-refractivity contribution < 1.29 is 0 Å². The standard InChI is InChI=1S/C18H24N8O2/c1-4-25(5-2)10-9-20-17-21-14-15(22-23-17)26(18(28)24(3)16(14)27)12-13-7-6-8-19-11-13/h6-8,11H,4-5,9-10,12H2,1-3H3,(H,20,21,23). The van der Waals surface area contributed by atoms with Gasteiger partial charge in [-0.3, -0.25) is 18.9 Å². The number of nitrogens with zero attached hydrogens (tertiary/aromatic N) is 7. The summed E-state index contributed by atoms with van der Waals surface area (Å²) in [6, 6.07) is 3.63. The predicted octanol–water partition coefficient (Wildman–Crippen LogP) is 0.0822. The van der Waals surface area contributed by atoms with E-state index >= 15 is 0 Å². The molecule has 3 aromatic heterocycles. The van der Waals surface area contributed by atoms with Gasteiger partial charge in [-0.15, -0.1) is 10.2 Å². The average Bonchev–Trinajstić information content (AvgIpc) is 2.73. The van der Waals surface area contributed by atoms with Crippen LogP contribution >= 0.6 is 0 Å². The van der Waals surface area contributed by atoms with Crippen LogP contribution in [0.3, 0.4) is 0 Å². The summed E-state index contributed by atoms with van der Waals surface area (Å²) in [5.74, 6) is 0.267. The lowest BCUT2D eigenvalue weighted by Gasteiger charge is -2.17. The van der Waals surface area contributed by atoms with Crippen LogP contribution in [0.1, 0.15) is 19.4 Å². The van der Waals surface area contributed by atoms with Crippen molar-refractivity contribution in [3.8, 4) is 0 Å². The molecule has 148 valence electrons. The number of hydrogen-bond donors (Lipinski definition) is 1. The van der Waals surface area contributed by atoms with Gasteiger partial charge in [0, 0.05) is 32.5 Å². The molecule has 0 spiro atoms. The van der Waals surface area contributed by atoms with Crippen molar-refractivity contribution in [1.29, 1.82) is 0 Å². The lowest BCUT2D eigenvalue weighted by atomic mass is 10.3. The summed E-state index contributed by atoms with van der Waals surface area (Å²) >= 11 is 0. The van der Waals surface area contributed by atoms with Crippen molar-refractivity contribution in [1.82, 2.24) is 34.2 Å². The molecule has 0 aliphatic heterocycles. The fourth-order valence-electron chi connectivity index (χ4n) is 2.92. The lowest BCUT2D eigenvalue weighted by molar-refractivity contribution is 0.316. The van der Waals surface area contributed by atoms with Crippen LogP contribution in [0.5, 0.6) is 0 Å². The van der Waals surface area contributed by atoms with Gasteiger partial charge in [0.15, 0.2) is 11.2 Å². The number of fused-ring (bicyclic) bond motifs is 1. The Balaban J connectivity index is 1.95. The van der Waals surface area contributed by atoms with Crippen LogP contribution in [0.4, 0.5) is 5.95 Å². The maximum atomic E-state index is 12.6. The van der Waals surface area contributed by atoms with Gasteiger partial charge in [-0.2, -0.15) is 0 Å². The van der Waals surface area contributed by atoms with Gasteiger partial charge < -0.3 is 10.2 Å². The Kier molecular flexibility index (Phi) is 6.09. The molecule has 3 aromatic rings. The highest BCUT2D eigenvalue weighted by molar-refractivity contribution is 5.69. The Morgan fingerprint density at radius 3 is 2.64 bits per heavy atom. The van der Waals surface area contributed by atoms with Gasteiger partial charge in [-0.25, -0.2) is 9.78 Å². The third kappa shape index (κ3) is 4.06. The van der Waals surface area contributed by atoms with E-state index in [2.05, 4.69) is 44.2 Å². The highest BCUT2D eigenvalue weighted by Gasteiger charge is 2.15. The quantitative estimate of drug-likeness (QED) is 0.581. The molecule has 0 saturated heterocycles. The molecule has 3 rings (SSSR count). The fourth-order valence-corrected chi connectivity index (χ4v) is 2.92. The molecule has 0 bridgehead atoms. The van der Waals surface area contributed by atoms with E-state index < -0.39 is 11.2 Å². The molecule has 0 fully saturated rings. The molecular formula is C18H24N8O2. The molecule has 1 N–H and O–H groups in total. The molecule has 0 aliphatic rings. The van der Waals surface area contributed by atoms with Crippen molar-refractivity contribution in [3.63, 3.8) is 0 Å². The molecule has 0 unspecified atom stereocenters. The molecule has 10 heteroatoms. The van der Waals surface area contributed by atoms with Gasteiger partial charge in [0.05, 0.1) is 6.54 Å². The van der Waals surface area contributed by atoms with Crippen molar-refractivity contribution in [3.05, 3.63) is 50.9 Å². The minimum Gasteiger partial charge on any atom is -0.352 e. The first-order valence-electron chi connectivity index (χ1n) is 9.24. The first kappa shape index (κ1) is 19.6. The van der Waals surface area contributed by atoms with Gasteiger partial charge in [0.1, 0.15) is 0 Å². The summed E-state index contributed by atoms with van der Waals surface area (Å²) < 4.78 is 2.42. The van der Waals surface area contributed by atoms with E-state index in [1.807, 2.05) is 6.07 Å². The summed E-state index contributed by atoms with van der Waals surface area (Å²) in [5.41, 5.74) is 0.106. The van der Waals surface area contributed by atoms with E-state index in [1.165, 1.54) is 11.6 Å². The minimum absolute atomic E-state index is 0.103. The van der Waals surface area contributed by atoms with Crippen molar-refractivity contribution in [2.75, 3.05) is 31.5 Å². The number of likely N-dealkylation sites (N-methyl/N-ethyl adjacent to an activating group) is 1. The Morgan fingerprint density at radius 2 is 1.96 bits per heavy atom. The number of rotatable bonds is 8. The fraction of sp³-hybridized carbons (Fsp3) is 0.444. The maximum absolute atomic E-state index is 12.6. The number of anilines is 1. The molecule has 0 saturated carbocycles. The normalized spacial score (nSPS) is 11.3. The maximum Gasteiger partial charge on any atom is 0.332 e. The van der Waals surface area contributed by atoms with Crippen molar-refractivity contribution >= 4 is 17.1 Å². The Labute approximate surface area is 161 Å². The Morgan fingerprint density at radius 1 is 1.18 bits per heavy atom. The highest BCUT2D eigenvalue weighted by atomic mass is 16.2. The van der Waals surface area contributed by atoms with Crippen LogP contribution in [0.2, 0.25) is 0 Å². The van der Waals surface area contributed by atoms with Crippen LogP contribution in [0.25, 0.3) is 11.2 Å². The van der Waals surface area contributed by atoms with Gasteiger partial charge in [0.25, 0.3) is 5.56 Å². The smallest absolute Gasteiger partial charge is 0.332 e. The van der Waals surface area contributed by atoms with E-state index in [1.54, 1.807) is 18.5 Å². The summed E-state index contributed by atoms with van der Waals surface area (Å²) in [5, 5.41) is 11.3.